The number of aliphatic hydroxyl groups is 2. The first-order valence-electron chi connectivity index (χ1n) is 6.85. The van der Waals surface area contributed by atoms with Crippen LogP contribution in [0.3, 0.4) is 0 Å². The monoisotopic (exact) mass is 236 g/mol. The zero-order valence-corrected chi connectivity index (χ0v) is 11.1. The molecule has 0 saturated heterocycles. The van der Waals surface area contributed by atoms with Crippen LogP contribution in [0.4, 0.5) is 0 Å². The van der Waals surface area contributed by atoms with Crippen LogP contribution in [0.2, 0.25) is 0 Å². The van der Waals surface area contributed by atoms with Gasteiger partial charge in [0.25, 0.3) is 0 Å². The molecule has 6 atom stereocenters. The SMILES string of the molecule is C=C1C[C@H](O)[C@@H]2[C@H]([C@H]3[C@H]1CC[C@]3(C)O)C2(C)C. The predicted octanol–water partition coefficient (Wildman–Crippen LogP) is 2.36. The quantitative estimate of drug-likeness (QED) is 0.634. The lowest BCUT2D eigenvalue weighted by Crippen LogP contribution is -2.34. The Labute approximate surface area is 104 Å². The highest BCUT2D eigenvalue weighted by Crippen LogP contribution is 2.71. The van der Waals surface area contributed by atoms with E-state index in [1.807, 2.05) is 6.92 Å². The van der Waals surface area contributed by atoms with Gasteiger partial charge in [0.05, 0.1) is 11.7 Å². The Balaban J connectivity index is 2.01. The van der Waals surface area contributed by atoms with Gasteiger partial charge in [-0.05, 0) is 55.3 Å². The fourth-order valence-electron chi connectivity index (χ4n) is 5.01. The minimum Gasteiger partial charge on any atom is -0.392 e. The van der Waals surface area contributed by atoms with E-state index in [9.17, 15) is 10.2 Å². The summed E-state index contributed by atoms with van der Waals surface area (Å²) in [5.41, 5.74) is 0.800. The average Bonchev–Trinajstić information content (AvgIpc) is 2.63. The largest absolute Gasteiger partial charge is 0.392 e. The van der Waals surface area contributed by atoms with E-state index in [4.69, 9.17) is 0 Å². The van der Waals surface area contributed by atoms with Crippen molar-refractivity contribution in [1.82, 2.24) is 0 Å². The van der Waals surface area contributed by atoms with Crippen molar-refractivity contribution in [3.63, 3.8) is 0 Å². The van der Waals surface area contributed by atoms with E-state index >= 15 is 0 Å². The highest BCUT2D eigenvalue weighted by atomic mass is 16.3. The maximum Gasteiger partial charge on any atom is 0.0656 e. The molecule has 0 spiro atoms. The van der Waals surface area contributed by atoms with E-state index in [1.54, 1.807) is 0 Å². The summed E-state index contributed by atoms with van der Waals surface area (Å²) >= 11 is 0. The van der Waals surface area contributed by atoms with Crippen LogP contribution >= 0.6 is 0 Å². The Hall–Kier alpha value is -0.340. The minimum absolute atomic E-state index is 0.192. The second kappa shape index (κ2) is 3.16. The van der Waals surface area contributed by atoms with Gasteiger partial charge in [-0.15, -0.1) is 0 Å². The first-order valence-corrected chi connectivity index (χ1v) is 6.85. The molecule has 0 aromatic heterocycles. The Morgan fingerprint density at radius 1 is 1.18 bits per heavy atom. The molecule has 0 heterocycles. The molecular weight excluding hydrogens is 212 g/mol. The molecule has 3 saturated carbocycles. The molecular formula is C15H24O2. The van der Waals surface area contributed by atoms with E-state index in [2.05, 4.69) is 20.4 Å². The molecule has 0 amide bonds. The third-order valence-electron chi connectivity index (χ3n) is 5.91. The Bertz CT molecular complexity index is 369. The Morgan fingerprint density at radius 3 is 2.47 bits per heavy atom. The van der Waals surface area contributed by atoms with Gasteiger partial charge < -0.3 is 10.2 Å². The van der Waals surface area contributed by atoms with Crippen molar-refractivity contribution in [2.45, 2.75) is 51.7 Å². The van der Waals surface area contributed by atoms with Gasteiger partial charge in [0.2, 0.25) is 0 Å². The Morgan fingerprint density at radius 2 is 1.82 bits per heavy atom. The van der Waals surface area contributed by atoms with Crippen molar-refractivity contribution >= 4 is 0 Å². The van der Waals surface area contributed by atoms with Gasteiger partial charge >= 0.3 is 0 Å². The molecule has 3 rings (SSSR count). The van der Waals surface area contributed by atoms with E-state index in [0.29, 0.717) is 23.7 Å². The third kappa shape index (κ3) is 1.40. The van der Waals surface area contributed by atoms with Crippen molar-refractivity contribution in [2.24, 2.45) is 29.1 Å². The summed E-state index contributed by atoms with van der Waals surface area (Å²) in [7, 11) is 0. The molecule has 0 radical (unpaired) electrons. The van der Waals surface area contributed by atoms with Crippen LogP contribution in [-0.4, -0.2) is 21.9 Å². The summed E-state index contributed by atoms with van der Waals surface area (Å²) in [4.78, 5) is 0. The lowest BCUT2D eigenvalue weighted by molar-refractivity contribution is -0.00204. The summed E-state index contributed by atoms with van der Waals surface area (Å²) in [5.74, 6) is 1.57. The van der Waals surface area contributed by atoms with Gasteiger partial charge in [-0.3, -0.25) is 0 Å². The summed E-state index contributed by atoms with van der Waals surface area (Å²) < 4.78 is 0. The maximum atomic E-state index is 10.6. The fraction of sp³-hybridized carbons (Fsp3) is 0.867. The number of hydrogen-bond donors (Lipinski definition) is 2. The topological polar surface area (TPSA) is 40.5 Å². The van der Waals surface area contributed by atoms with E-state index in [1.165, 1.54) is 5.57 Å². The summed E-state index contributed by atoms with van der Waals surface area (Å²) in [6.45, 7) is 10.6. The van der Waals surface area contributed by atoms with Gasteiger partial charge in [0, 0.05) is 0 Å². The molecule has 17 heavy (non-hydrogen) atoms. The standard InChI is InChI=1S/C15H24O2/c1-8-7-10(16)12-13(14(12,2)3)11-9(8)5-6-15(11,4)17/h9-13,16-17H,1,5-7H2,2-4H3/t9-,10-,11+,12+,13-,15-/m0/s1. The molecule has 0 aromatic rings. The van der Waals surface area contributed by atoms with Crippen LogP contribution in [0.5, 0.6) is 0 Å². The summed E-state index contributed by atoms with van der Waals surface area (Å²) in [6, 6.07) is 0. The van der Waals surface area contributed by atoms with Crippen LogP contribution in [0.15, 0.2) is 12.2 Å². The molecule has 3 aliphatic carbocycles. The molecule has 0 aliphatic heterocycles. The van der Waals surface area contributed by atoms with Crippen molar-refractivity contribution in [1.29, 1.82) is 0 Å². The van der Waals surface area contributed by atoms with Crippen molar-refractivity contribution in [3.8, 4) is 0 Å². The van der Waals surface area contributed by atoms with Crippen LogP contribution in [0, 0.1) is 29.1 Å². The lowest BCUT2D eigenvalue weighted by Gasteiger charge is -2.31. The van der Waals surface area contributed by atoms with Gasteiger partial charge in [-0.2, -0.15) is 0 Å². The first-order chi connectivity index (χ1) is 7.77. The zero-order chi connectivity index (χ0) is 12.6. The van der Waals surface area contributed by atoms with Gasteiger partial charge in [0.1, 0.15) is 0 Å². The number of hydrogen-bond acceptors (Lipinski definition) is 2. The second-order valence-electron chi connectivity index (χ2n) is 7.33. The van der Waals surface area contributed by atoms with Crippen LogP contribution in [0.1, 0.15) is 40.0 Å². The molecule has 0 unspecified atom stereocenters. The molecule has 3 fully saturated rings. The molecule has 2 heteroatoms. The van der Waals surface area contributed by atoms with Crippen LogP contribution in [0.25, 0.3) is 0 Å². The molecule has 2 N–H and O–H groups in total. The van der Waals surface area contributed by atoms with Crippen LogP contribution in [-0.2, 0) is 0 Å². The smallest absolute Gasteiger partial charge is 0.0656 e. The lowest BCUT2D eigenvalue weighted by atomic mass is 9.77. The fourth-order valence-corrected chi connectivity index (χ4v) is 5.01. The van der Waals surface area contributed by atoms with Gasteiger partial charge in [-0.25, -0.2) is 0 Å². The van der Waals surface area contributed by atoms with E-state index in [0.717, 1.165) is 19.3 Å². The van der Waals surface area contributed by atoms with Gasteiger partial charge in [0.15, 0.2) is 0 Å². The van der Waals surface area contributed by atoms with Gasteiger partial charge in [-0.1, -0.05) is 26.0 Å². The minimum atomic E-state index is -0.561. The second-order valence-corrected chi connectivity index (χ2v) is 7.33. The summed E-state index contributed by atoms with van der Waals surface area (Å²) in [5, 5.41) is 20.9. The third-order valence-corrected chi connectivity index (χ3v) is 5.91. The summed E-state index contributed by atoms with van der Waals surface area (Å²) in [6.07, 6.45) is 2.42. The highest BCUT2D eigenvalue weighted by molar-refractivity contribution is 5.25. The van der Waals surface area contributed by atoms with E-state index < -0.39 is 5.60 Å². The normalized spacial score (nSPS) is 56.1. The zero-order valence-electron chi connectivity index (χ0n) is 11.1. The highest BCUT2D eigenvalue weighted by Gasteiger charge is 2.69. The van der Waals surface area contributed by atoms with Crippen molar-refractivity contribution in [2.75, 3.05) is 0 Å². The maximum absolute atomic E-state index is 10.6. The molecule has 0 aromatic carbocycles. The average molecular weight is 236 g/mol. The number of rotatable bonds is 0. The predicted molar refractivity (Wildman–Crippen MR) is 67.4 cm³/mol. The number of aliphatic hydroxyl groups excluding tert-OH is 1. The molecule has 2 nitrogen and oxygen atoms in total. The molecule has 96 valence electrons. The van der Waals surface area contributed by atoms with Crippen molar-refractivity contribution < 1.29 is 10.2 Å². The van der Waals surface area contributed by atoms with E-state index in [-0.39, 0.29) is 11.5 Å². The number of fused-ring (bicyclic) bond motifs is 3. The van der Waals surface area contributed by atoms with Crippen LogP contribution < -0.4 is 0 Å². The Kier molecular flexibility index (Phi) is 2.18. The molecule has 0 bridgehead atoms. The molecule has 3 aliphatic rings. The first kappa shape index (κ1) is 11.7. The van der Waals surface area contributed by atoms with Crippen molar-refractivity contribution in [3.05, 3.63) is 12.2 Å².